The molecule has 2 heterocycles. The van der Waals surface area contributed by atoms with E-state index in [9.17, 15) is 10.1 Å². The Kier molecular flexibility index (Phi) is 5.02. The normalized spacial score (nSPS) is 18.7. The number of ether oxygens (including phenoxy) is 2. The van der Waals surface area contributed by atoms with Gasteiger partial charge in [0, 0.05) is 32.6 Å². The van der Waals surface area contributed by atoms with E-state index >= 15 is 0 Å². The van der Waals surface area contributed by atoms with E-state index in [-0.39, 0.29) is 11.5 Å². The number of carbonyl (C=O) groups excluding carboxylic acids is 1. The smallest absolute Gasteiger partial charge is 0.264 e. The predicted molar refractivity (Wildman–Crippen MR) is 89.7 cm³/mol. The van der Waals surface area contributed by atoms with Crippen molar-refractivity contribution in [3.63, 3.8) is 0 Å². The summed E-state index contributed by atoms with van der Waals surface area (Å²) < 4.78 is 11.3. The van der Waals surface area contributed by atoms with Crippen LogP contribution in [0.2, 0.25) is 0 Å². The number of benzene rings is 1. The highest BCUT2D eigenvalue weighted by Crippen LogP contribution is 2.31. The molecule has 0 unspecified atom stereocenters. The lowest BCUT2D eigenvalue weighted by atomic mass is 10.1. The summed E-state index contributed by atoms with van der Waals surface area (Å²) in [6, 6.07) is 7.51. The summed E-state index contributed by atoms with van der Waals surface area (Å²) in [5, 5.41) is 9.39. The largest absolute Gasteiger partial charge is 0.490 e. The van der Waals surface area contributed by atoms with E-state index in [1.807, 2.05) is 31.3 Å². The Balaban J connectivity index is 1.79. The fraction of sp³-hybridized carbons (Fsp3) is 0.444. The third-order valence-corrected chi connectivity index (χ3v) is 4.22. The Labute approximate surface area is 141 Å². The van der Waals surface area contributed by atoms with Crippen LogP contribution in [0.1, 0.15) is 12.0 Å². The second-order valence-corrected chi connectivity index (χ2v) is 6.02. The van der Waals surface area contributed by atoms with Gasteiger partial charge < -0.3 is 19.3 Å². The fourth-order valence-electron chi connectivity index (χ4n) is 2.76. The number of piperazine rings is 1. The fourth-order valence-corrected chi connectivity index (χ4v) is 2.76. The molecule has 1 amide bonds. The van der Waals surface area contributed by atoms with Gasteiger partial charge in [-0.25, -0.2) is 0 Å². The Hall–Kier alpha value is -2.52. The van der Waals surface area contributed by atoms with Crippen LogP contribution in [0, 0.1) is 11.3 Å². The summed E-state index contributed by atoms with van der Waals surface area (Å²) in [4.78, 5) is 16.4. The van der Waals surface area contributed by atoms with Crippen molar-refractivity contribution in [3.8, 4) is 17.6 Å². The molecule has 0 aliphatic carbocycles. The van der Waals surface area contributed by atoms with Crippen molar-refractivity contribution < 1.29 is 14.3 Å². The molecule has 0 spiro atoms. The lowest BCUT2D eigenvalue weighted by Crippen LogP contribution is -2.47. The minimum absolute atomic E-state index is 0.147. The topological polar surface area (TPSA) is 65.8 Å². The highest BCUT2D eigenvalue weighted by molar-refractivity contribution is 6.01. The number of likely N-dealkylation sites (N-methyl/N-ethyl adjacent to an activating group) is 1. The van der Waals surface area contributed by atoms with E-state index in [0.717, 1.165) is 25.1 Å². The van der Waals surface area contributed by atoms with Crippen molar-refractivity contribution in [1.29, 1.82) is 5.26 Å². The summed E-state index contributed by atoms with van der Waals surface area (Å²) in [5.74, 6) is 1.15. The van der Waals surface area contributed by atoms with E-state index in [0.29, 0.717) is 37.8 Å². The molecule has 0 saturated carbocycles. The molecule has 0 atom stereocenters. The van der Waals surface area contributed by atoms with Gasteiger partial charge in [-0.2, -0.15) is 5.26 Å². The van der Waals surface area contributed by atoms with Crippen LogP contribution in [-0.4, -0.2) is 62.1 Å². The number of amides is 1. The van der Waals surface area contributed by atoms with E-state index < -0.39 is 0 Å². The van der Waals surface area contributed by atoms with Crippen LogP contribution in [0.3, 0.4) is 0 Å². The molecule has 0 bridgehead atoms. The summed E-state index contributed by atoms with van der Waals surface area (Å²) in [6.07, 6.45) is 2.46. The van der Waals surface area contributed by atoms with Crippen LogP contribution in [-0.2, 0) is 4.79 Å². The zero-order chi connectivity index (χ0) is 16.9. The summed E-state index contributed by atoms with van der Waals surface area (Å²) >= 11 is 0. The third-order valence-electron chi connectivity index (χ3n) is 4.22. The lowest BCUT2D eigenvalue weighted by Gasteiger charge is -2.32. The Bertz CT molecular complexity index is 685. The average molecular weight is 327 g/mol. The van der Waals surface area contributed by atoms with Gasteiger partial charge in [-0.3, -0.25) is 4.79 Å². The van der Waals surface area contributed by atoms with Crippen molar-refractivity contribution in [3.05, 3.63) is 29.3 Å². The number of hydrogen-bond donors (Lipinski definition) is 0. The standard InChI is InChI=1S/C18H21N3O3/c1-20-5-7-21(8-6-20)18(22)15(13-19)11-14-3-4-16-17(12-14)24-10-2-9-23-16/h3-4,11-12H,2,5-10H2,1H3/b15-11+. The first-order valence-corrected chi connectivity index (χ1v) is 8.16. The van der Waals surface area contributed by atoms with Gasteiger partial charge in [0.2, 0.25) is 0 Å². The zero-order valence-corrected chi connectivity index (χ0v) is 13.8. The quantitative estimate of drug-likeness (QED) is 0.609. The van der Waals surface area contributed by atoms with E-state index in [4.69, 9.17) is 9.47 Å². The first-order chi connectivity index (χ1) is 11.7. The third kappa shape index (κ3) is 3.69. The van der Waals surface area contributed by atoms with Crippen LogP contribution in [0.4, 0.5) is 0 Å². The van der Waals surface area contributed by atoms with Crippen LogP contribution in [0.25, 0.3) is 6.08 Å². The molecule has 1 aromatic rings. The molecule has 126 valence electrons. The van der Waals surface area contributed by atoms with Gasteiger partial charge in [-0.15, -0.1) is 0 Å². The second-order valence-electron chi connectivity index (χ2n) is 6.02. The molecule has 6 nitrogen and oxygen atoms in total. The zero-order valence-electron chi connectivity index (χ0n) is 13.8. The molecule has 0 aromatic heterocycles. The van der Waals surface area contributed by atoms with E-state index in [1.54, 1.807) is 11.0 Å². The lowest BCUT2D eigenvalue weighted by molar-refractivity contribution is -0.128. The average Bonchev–Trinajstić information content (AvgIpc) is 2.84. The summed E-state index contributed by atoms with van der Waals surface area (Å²) in [7, 11) is 2.03. The SMILES string of the molecule is CN1CCN(C(=O)/C(C#N)=C/c2ccc3c(c2)OCCCO3)CC1. The maximum absolute atomic E-state index is 12.5. The van der Waals surface area contributed by atoms with E-state index in [2.05, 4.69) is 4.90 Å². The minimum Gasteiger partial charge on any atom is -0.490 e. The molecular weight excluding hydrogens is 306 g/mol. The number of nitrogens with zero attached hydrogens (tertiary/aromatic N) is 3. The van der Waals surface area contributed by atoms with Gasteiger partial charge in [0.15, 0.2) is 11.5 Å². The summed E-state index contributed by atoms with van der Waals surface area (Å²) in [5.41, 5.74) is 0.910. The molecule has 2 aliphatic heterocycles. The van der Waals surface area contributed by atoms with Gasteiger partial charge >= 0.3 is 0 Å². The minimum atomic E-state index is -0.210. The van der Waals surface area contributed by atoms with Gasteiger partial charge in [0.05, 0.1) is 13.2 Å². The number of nitriles is 1. The molecular formula is C18H21N3O3. The van der Waals surface area contributed by atoms with Gasteiger partial charge in [-0.1, -0.05) is 6.07 Å². The van der Waals surface area contributed by atoms with Gasteiger partial charge in [0.25, 0.3) is 5.91 Å². The van der Waals surface area contributed by atoms with Crippen molar-refractivity contribution in [1.82, 2.24) is 9.80 Å². The first-order valence-electron chi connectivity index (χ1n) is 8.16. The molecule has 1 fully saturated rings. The molecule has 1 aromatic carbocycles. The van der Waals surface area contributed by atoms with Crippen molar-refractivity contribution in [2.24, 2.45) is 0 Å². The molecule has 1 saturated heterocycles. The molecule has 6 heteroatoms. The Morgan fingerprint density at radius 1 is 1.17 bits per heavy atom. The number of fused-ring (bicyclic) bond motifs is 1. The van der Waals surface area contributed by atoms with Crippen molar-refractivity contribution >= 4 is 12.0 Å². The van der Waals surface area contributed by atoms with Crippen molar-refractivity contribution in [2.45, 2.75) is 6.42 Å². The maximum atomic E-state index is 12.5. The Morgan fingerprint density at radius 2 is 1.88 bits per heavy atom. The molecule has 3 rings (SSSR count). The number of hydrogen-bond acceptors (Lipinski definition) is 5. The molecule has 0 N–H and O–H groups in total. The van der Waals surface area contributed by atoms with Crippen molar-refractivity contribution in [2.75, 3.05) is 46.4 Å². The molecule has 0 radical (unpaired) electrons. The Morgan fingerprint density at radius 3 is 2.58 bits per heavy atom. The monoisotopic (exact) mass is 327 g/mol. The van der Waals surface area contributed by atoms with Crippen LogP contribution >= 0.6 is 0 Å². The van der Waals surface area contributed by atoms with Crippen LogP contribution < -0.4 is 9.47 Å². The van der Waals surface area contributed by atoms with Gasteiger partial charge in [-0.05, 0) is 30.8 Å². The van der Waals surface area contributed by atoms with Crippen LogP contribution in [0.15, 0.2) is 23.8 Å². The van der Waals surface area contributed by atoms with Gasteiger partial charge in [0.1, 0.15) is 11.6 Å². The highest BCUT2D eigenvalue weighted by atomic mass is 16.5. The number of rotatable bonds is 2. The highest BCUT2D eigenvalue weighted by Gasteiger charge is 2.22. The van der Waals surface area contributed by atoms with E-state index in [1.165, 1.54) is 0 Å². The summed E-state index contributed by atoms with van der Waals surface area (Å²) in [6.45, 7) is 4.19. The maximum Gasteiger partial charge on any atom is 0.264 e. The second kappa shape index (κ2) is 7.37. The first kappa shape index (κ1) is 16.3. The molecule has 2 aliphatic rings. The predicted octanol–water partition coefficient (Wildman–Crippen LogP) is 1.53. The number of carbonyl (C=O) groups is 1. The van der Waals surface area contributed by atoms with Crippen LogP contribution in [0.5, 0.6) is 11.5 Å². The molecule has 24 heavy (non-hydrogen) atoms.